The first-order valence-electron chi connectivity index (χ1n) is 6.45. The van der Waals surface area contributed by atoms with E-state index in [9.17, 15) is 4.79 Å². The van der Waals surface area contributed by atoms with Crippen LogP contribution in [-0.2, 0) is 11.2 Å². The number of rotatable bonds is 8. The van der Waals surface area contributed by atoms with E-state index in [4.69, 9.17) is 5.26 Å². The summed E-state index contributed by atoms with van der Waals surface area (Å²) in [5.74, 6) is 0.109. The fourth-order valence-electron chi connectivity index (χ4n) is 1.69. The Morgan fingerprint density at radius 1 is 1.37 bits per heavy atom. The van der Waals surface area contributed by atoms with Gasteiger partial charge in [-0.25, -0.2) is 0 Å². The first-order valence-corrected chi connectivity index (χ1v) is 7.33. The van der Waals surface area contributed by atoms with E-state index in [-0.39, 0.29) is 5.91 Å². The molecule has 0 unspecified atom stereocenters. The molecule has 0 saturated heterocycles. The summed E-state index contributed by atoms with van der Waals surface area (Å²) in [4.78, 5) is 17.0. The Morgan fingerprint density at radius 3 is 2.79 bits per heavy atom. The summed E-state index contributed by atoms with van der Waals surface area (Å²) in [7, 11) is 3.79. The number of hydrogen-bond donors (Lipinski definition) is 0. The molecule has 0 aliphatic heterocycles. The number of nitriles is 1. The largest absolute Gasteiger partial charge is 0.345 e. The lowest BCUT2D eigenvalue weighted by Gasteiger charge is -2.19. The maximum atomic E-state index is 11.8. The average Bonchev–Trinajstić information content (AvgIpc) is 2.92. The molecule has 0 N–H and O–H groups in total. The van der Waals surface area contributed by atoms with Crippen molar-refractivity contribution in [2.24, 2.45) is 0 Å². The molecule has 4 nitrogen and oxygen atoms in total. The highest BCUT2D eigenvalue weighted by Crippen LogP contribution is 2.09. The monoisotopic (exact) mass is 279 g/mol. The maximum absolute atomic E-state index is 11.8. The number of amides is 1. The number of carbonyl (C=O) groups excluding carboxylic acids is 1. The molecule has 0 bridgehead atoms. The Hall–Kier alpha value is -1.38. The molecule has 0 aromatic carbocycles. The highest BCUT2D eigenvalue weighted by atomic mass is 32.1. The van der Waals surface area contributed by atoms with Crippen molar-refractivity contribution in [3.05, 3.63) is 22.4 Å². The van der Waals surface area contributed by atoms with Crippen LogP contribution >= 0.6 is 11.3 Å². The molecule has 5 heteroatoms. The lowest BCUT2D eigenvalue weighted by atomic mass is 10.3. The van der Waals surface area contributed by atoms with Gasteiger partial charge in [-0.1, -0.05) is 6.07 Å². The van der Waals surface area contributed by atoms with Gasteiger partial charge in [-0.3, -0.25) is 4.79 Å². The molecule has 0 atom stereocenters. The van der Waals surface area contributed by atoms with Gasteiger partial charge in [-0.15, -0.1) is 11.3 Å². The number of likely N-dealkylation sites (N-methyl/N-ethyl adjacent to an activating group) is 1. The minimum Gasteiger partial charge on any atom is -0.345 e. The molecular weight excluding hydrogens is 258 g/mol. The molecular formula is C14H21N3OS. The van der Waals surface area contributed by atoms with Crippen molar-refractivity contribution in [1.29, 1.82) is 5.26 Å². The predicted molar refractivity (Wildman–Crippen MR) is 78.0 cm³/mol. The molecule has 0 fully saturated rings. The second kappa shape index (κ2) is 8.68. The fourth-order valence-corrected chi connectivity index (χ4v) is 2.39. The van der Waals surface area contributed by atoms with Crippen molar-refractivity contribution in [3.8, 4) is 6.07 Å². The highest BCUT2D eigenvalue weighted by molar-refractivity contribution is 7.09. The standard InChI is InChI=1S/C14H21N3OS/c1-16(10-6-13-5-3-12-19-13)11-7-14(18)17(2)9-4-8-15/h3,5,12H,4,6-7,9-11H2,1-2H3. The summed E-state index contributed by atoms with van der Waals surface area (Å²) in [5, 5.41) is 10.6. The summed E-state index contributed by atoms with van der Waals surface area (Å²) < 4.78 is 0. The first-order chi connectivity index (χ1) is 9.13. The van der Waals surface area contributed by atoms with E-state index < -0.39 is 0 Å². The summed E-state index contributed by atoms with van der Waals surface area (Å²) in [6.07, 6.45) is 1.95. The van der Waals surface area contributed by atoms with Crippen LogP contribution in [0.2, 0.25) is 0 Å². The van der Waals surface area contributed by atoms with Gasteiger partial charge in [-0.05, 0) is 24.9 Å². The Labute approximate surface area is 119 Å². The van der Waals surface area contributed by atoms with Crippen LogP contribution in [0.15, 0.2) is 17.5 Å². The van der Waals surface area contributed by atoms with Crippen molar-refractivity contribution in [3.63, 3.8) is 0 Å². The van der Waals surface area contributed by atoms with Crippen LogP contribution in [0.4, 0.5) is 0 Å². The first kappa shape index (κ1) is 15.7. The van der Waals surface area contributed by atoms with Crippen molar-refractivity contribution in [1.82, 2.24) is 9.80 Å². The van der Waals surface area contributed by atoms with Gasteiger partial charge in [0.1, 0.15) is 0 Å². The van der Waals surface area contributed by atoms with Crippen molar-refractivity contribution >= 4 is 17.2 Å². The molecule has 1 aromatic heterocycles. The lowest BCUT2D eigenvalue weighted by molar-refractivity contribution is -0.130. The van der Waals surface area contributed by atoms with Crippen LogP contribution < -0.4 is 0 Å². The molecule has 1 aromatic rings. The quantitative estimate of drug-likeness (QED) is 0.731. The van der Waals surface area contributed by atoms with Crippen molar-refractivity contribution < 1.29 is 4.79 Å². The van der Waals surface area contributed by atoms with E-state index in [1.807, 2.05) is 7.05 Å². The molecule has 104 valence electrons. The lowest BCUT2D eigenvalue weighted by Crippen LogP contribution is -2.31. The molecule has 0 aliphatic rings. The Balaban J connectivity index is 2.17. The normalized spacial score (nSPS) is 10.4. The topological polar surface area (TPSA) is 47.3 Å². The predicted octanol–water partition coefficient (Wildman–Crippen LogP) is 1.98. The number of carbonyl (C=O) groups is 1. The second-order valence-corrected chi connectivity index (χ2v) is 5.64. The fraction of sp³-hybridized carbons (Fsp3) is 0.571. The second-order valence-electron chi connectivity index (χ2n) is 4.61. The van der Waals surface area contributed by atoms with Crippen LogP contribution in [-0.4, -0.2) is 49.4 Å². The number of thiophene rings is 1. The summed E-state index contributed by atoms with van der Waals surface area (Å²) in [6, 6.07) is 6.25. The van der Waals surface area contributed by atoms with Gasteiger partial charge in [0.15, 0.2) is 0 Å². The molecule has 1 amide bonds. The zero-order chi connectivity index (χ0) is 14.1. The minimum absolute atomic E-state index is 0.109. The smallest absolute Gasteiger partial charge is 0.223 e. The SMILES string of the molecule is CN(CCC(=O)N(C)CCC#N)CCc1cccs1. The third-order valence-corrected chi connectivity index (χ3v) is 3.95. The summed E-state index contributed by atoms with van der Waals surface area (Å²) in [6.45, 7) is 2.26. The zero-order valence-corrected chi connectivity index (χ0v) is 12.4. The van der Waals surface area contributed by atoms with E-state index in [0.717, 1.165) is 19.5 Å². The van der Waals surface area contributed by atoms with Gasteiger partial charge in [-0.2, -0.15) is 5.26 Å². The van der Waals surface area contributed by atoms with Gasteiger partial charge in [0.05, 0.1) is 12.5 Å². The van der Waals surface area contributed by atoms with Gasteiger partial charge < -0.3 is 9.80 Å². The van der Waals surface area contributed by atoms with Gasteiger partial charge in [0.25, 0.3) is 0 Å². The molecule has 1 rings (SSSR count). The van der Waals surface area contributed by atoms with Gasteiger partial charge in [0, 0.05) is 38.0 Å². The van der Waals surface area contributed by atoms with E-state index in [1.165, 1.54) is 4.88 Å². The molecule has 0 aliphatic carbocycles. The Kier molecular flexibility index (Phi) is 7.16. The minimum atomic E-state index is 0.109. The average molecular weight is 279 g/mol. The number of nitrogens with zero attached hydrogens (tertiary/aromatic N) is 3. The van der Waals surface area contributed by atoms with Crippen LogP contribution in [0.5, 0.6) is 0 Å². The molecule has 0 spiro atoms. The third-order valence-electron chi connectivity index (χ3n) is 3.01. The number of hydrogen-bond acceptors (Lipinski definition) is 4. The van der Waals surface area contributed by atoms with Crippen molar-refractivity contribution in [2.75, 3.05) is 33.7 Å². The third kappa shape index (κ3) is 6.37. The molecule has 0 radical (unpaired) electrons. The van der Waals surface area contributed by atoms with Crippen LogP contribution in [0.3, 0.4) is 0 Å². The van der Waals surface area contributed by atoms with Gasteiger partial charge >= 0.3 is 0 Å². The summed E-state index contributed by atoms with van der Waals surface area (Å²) in [5.41, 5.74) is 0. The van der Waals surface area contributed by atoms with Gasteiger partial charge in [0.2, 0.25) is 5.91 Å². The molecule has 1 heterocycles. The highest BCUT2D eigenvalue weighted by Gasteiger charge is 2.09. The van der Waals surface area contributed by atoms with E-state index in [0.29, 0.717) is 19.4 Å². The van der Waals surface area contributed by atoms with Crippen LogP contribution in [0.25, 0.3) is 0 Å². The zero-order valence-electron chi connectivity index (χ0n) is 11.6. The van der Waals surface area contributed by atoms with E-state index >= 15 is 0 Å². The Morgan fingerprint density at radius 2 is 2.16 bits per heavy atom. The molecule has 19 heavy (non-hydrogen) atoms. The van der Waals surface area contributed by atoms with Crippen LogP contribution in [0, 0.1) is 11.3 Å². The van der Waals surface area contributed by atoms with E-state index in [2.05, 4.69) is 28.5 Å². The Bertz CT molecular complexity index is 411. The van der Waals surface area contributed by atoms with Crippen LogP contribution in [0.1, 0.15) is 17.7 Å². The van der Waals surface area contributed by atoms with Crippen molar-refractivity contribution in [2.45, 2.75) is 19.3 Å². The maximum Gasteiger partial charge on any atom is 0.223 e. The molecule has 0 saturated carbocycles. The summed E-state index contributed by atoms with van der Waals surface area (Å²) >= 11 is 1.77. The van der Waals surface area contributed by atoms with E-state index in [1.54, 1.807) is 23.3 Å².